The number of hydrogen-bond acceptors (Lipinski definition) is 3. The van der Waals surface area contributed by atoms with Gasteiger partial charge in [-0.05, 0) is 40.9 Å². The van der Waals surface area contributed by atoms with Crippen LogP contribution in [0.15, 0.2) is 41.0 Å². The largest absolute Gasteiger partial charge is 0.397 e. The molecular weight excluding hydrogens is 318 g/mol. The lowest BCUT2D eigenvalue weighted by Gasteiger charge is -2.07. The second-order valence-electron chi connectivity index (χ2n) is 4.64. The fraction of sp³-hybridized carbons (Fsp3) is 0.200. The Hall–Kier alpha value is -1.88. The summed E-state index contributed by atoms with van der Waals surface area (Å²) in [4.78, 5) is 16.0. The molecule has 0 atom stereocenters. The topological polar surface area (TPSA) is 68.0 Å². The van der Waals surface area contributed by atoms with Gasteiger partial charge >= 0.3 is 0 Å². The van der Waals surface area contributed by atoms with Crippen molar-refractivity contribution in [1.82, 2.24) is 4.98 Å². The first-order chi connectivity index (χ1) is 9.54. The second kappa shape index (κ2) is 6.52. The predicted octanol–water partition coefficient (Wildman–Crippen LogP) is 3.31. The minimum absolute atomic E-state index is 0.0653. The number of carbonyl (C=O) groups is 1. The number of nitrogens with one attached hydrogen (secondary N) is 1. The average molecular weight is 334 g/mol. The lowest BCUT2D eigenvalue weighted by molar-refractivity contribution is -0.116. The maximum atomic E-state index is 11.9. The minimum atomic E-state index is -0.0653. The third-order valence-electron chi connectivity index (χ3n) is 2.84. The van der Waals surface area contributed by atoms with E-state index in [-0.39, 0.29) is 5.91 Å². The molecule has 20 heavy (non-hydrogen) atoms. The minimum Gasteiger partial charge on any atom is -0.397 e. The van der Waals surface area contributed by atoms with Crippen LogP contribution in [0.25, 0.3) is 0 Å². The first-order valence-electron chi connectivity index (χ1n) is 6.31. The first-order valence-corrected chi connectivity index (χ1v) is 7.10. The molecule has 0 radical (unpaired) electrons. The molecule has 0 bridgehead atoms. The molecule has 1 amide bonds. The summed E-state index contributed by atoms with van der Waals surface area (Å²) in [6.07, 6.45) is 2.64. The van der Waals surface area contributed by atoms with Crippen LogP contribution in [-0.2, 0) is 11.2 Å². The number of rotatable bonds is 4. The molecule has 1 aromatic heterocycles. The highest BCUT2D eigenvalue weighted by molar-refractivity contribution is 9.10. The Labute approximate surface area is 126 Å². The fourth-order valence-corrected chi connectivity index (χ4v) is 2.33. The molecule has 0 spiro atoms. The molecule has 5 heteroatoms. The van der Waals surface area contributed by atoms with Crippen molar-refractivity contribution in [2.75, 3.05) is 11.1 Å². The molecule has 0 unspecified atom stereocenters. The summed E-state index contributed by atoms with van der Waals surface area (Å²) in [5, 5.41) is 2.77. The lowest BCUT2D eigenvalue weighted by atomic mass is 10.1. The van der Waals surface area contributed by atoms with Crippen LogP contribution in [0.2, 0.25) is 0 Å². The number of anilines is 2. The van der Waals surface area contributed by atoms with Gasteiger partial charge in [0.05, 0.1) is 16.4 Å². The number of nitrogens with two attached hydrogens (primary N) is 1. The van der Waals surface area contributed by atoms with E-state index in [0.29, 0.717) is 28.8 Å². The monoisotopic (exact) mass is 333 g/mol. The highest BCUT2D eigenvalue weighted by Crippen LogP contribution is 2.21. The summed E-state index contributed by atoms with van der Waals surface area (Å²) in [6, 6.07) is 9.87. The van der Waals surface area contributed by atoms with Gasteiger partial charge in [-0.15, -0.1) is 0 Å². The molecule has 0 fully saturated rings. The normalized spacial score (nSPS) is 10.3. The smallest absolute Gasteiger partial charge is 0.225 e. The average Bonchev–Trinajstić information content (AvgIpc) is 2.40. The van der Waals surface area contributed by atoms with Crippen LogP contribution in [0, 0.1) is 6.92 Å². The van der Waals surface area contributed by atoms with Crippen molar-refractivity contribution >= 4 is 33.3 Å². The Morgan fingerprint density at radius 1 is 1.40 bits per heavy atom. The van der Waals surface area contributed by atoms with Gasteiger partial charge in [0, 0.05) is 6.42 Å². The molecule has 0 aliphatic heterocycles. The summed E-state index contributed by atoms with van der Waals surface area (Å²) >= 11 is 3.32. The standard InChI is InChI=1S/C15H16BrN3O/c1-10-3-2-4-11(7-10)5-6-14(20)19-15-13(16)8-12(17)9-18-15/h2-4,7-9H,5-6,17H2,1H3,(H,18,19,20). The van der Waals surface area contributed by atoms with E-state index >= 15 is 0 Å². The third kappa shape index (κ3) is 4.06. The number of aryl methyl sites for hydroxylation is 2. The van der Waals surface area contributed by atoms with Crippen LogP contribution in [0.1, 0.15) is 17.5 Å². The third-order valence-corrected chi connectivity index (χ3v) is 3.45. The number of aromatic nitrogens is 1. The number of nitrogen functional groups attached to an aromatic ring is 1. The predicted molar refractivity (Wildman–Crippen MR) is 84.5 cm³/mol. The van der Waals surface area contributed by atoms with Gasteiger partial charge in [0.1, 0.15) is 5.82 Å². The maximum absolute atomic E-state index is 11.9. The highest BCUT2D eigenvalue weighted by atomic mass is 79.9. The molecule has 0 aliphatic rings. The highest BCUT2D eigenvalue weighted by Gasteiger charge is 2.07. The Kier molecular flexibility index (Phi) is 4.74. The number of halogens is 1. The van der Waals surface area contributed by atoms with Crippen molar-refractivity contribution < 1.29 is 4.79 Å². The lowest BCUT2D eigenvalue weighted by Crippen LogP contribution is -2.14. The van der Waals surface area contributed by atoms with Gasteiger partial charge in [0.15, 0.2) is 0 Å². The zero-order valence-electron chi connectivity index (χ0n) is 11.2. The number of nitrogens with zero attached hydrogens (tertiary/aromatic N) is 1. The summed E-state index contributed by atoms with van der Waals surface area (Å²) in [5.74, 6) is 0.429. The van der Waals surface area contributed by atoms with Crippen molar-refractivity contribution in [2.24, 2.45) is 0 Å². The van der Waals surface area contributed by atoms with Crippen LogP contribution in [0.4, 0.5) is 11.5 Å². The molecule has 1 aromatic carbocycles. The van der Waals surface area contributed by atoms with Crippen LogP contribution in [-0.4, -0.2) is 10.9 Å². The summed E-state index contributed by atoms with van der Waals surface area (Å²) in [5.41, 5.74) is 8.51. The molecule has 104 valence electrons. The van der Waals surface area contributed by atoms with Crippen LogP contribution >= 0.6 is 15.9 Å². The van der Waals surface area contributed by atoms with Gasteiger partial charge in [0.2, 0.25) is 5.91 Å². The van der Waals surface area contributed by atoms with Crippen molar-refractivity contribution in [1.29, 1.82) is 0 Å². The molecule has 2 rings (SSSR count). The van der Waals surface area contributed by atoms with E-state index in [1.165, 1.54) is 11.8 Å². The van der Waals surface area contributed by atoms with Gasteiger partial charge in [-0.2, -0.15) is 0 Å². The van der Waals surface area contributed by atoms with Gasteiger partial charge in [-0.3, -0.25) is 4.79 Å². The van der Waals surface area contributed by atoms with Crippen molar-refractivity contribution in [3.05, 3.63) is 52.1 Å². The second-order valence-corrected chi connectivity index (χ2v) is 5.49. The molecule has 0 saturated carbocycles. The number of amides is 1. The zero-order chi connectivity index (χ0) is 14.5. The van der Waals surface area contributed by atoms with Crippen molar-refractivity contribution in [3.63, 3.8) is 0 Å². The van der Waals surface area contributed by atoms with Gasteiger partial charge in [-0.25, -0.2) is 4.98 Å². The summed E-state index contributed by atoms with van der Waals surface area (Å²) in [6.45, 7) is 2.04. The molecule has 3 N–H and O–H groups in total. The van der Waals surface area contributed by atoms with Crippen molar-refractivity contribution in [3.8, 4) is 0 Å². The quantitative estimate of drug-likeness (QED) is 0.901. The molecule has 2 aromatic rings. The number of hydrogen-bond donors (Lipinski definition) is 2. The molecule has 0 aliphatic carbocycles. The number of pyridine rings is 1. The zero-order valence-corrected chi connectivity index (χ0v) is 12.8. The Balaban J connectivity index is 1.92. The van der Waals surface area contributed by atoms with E-state index in [4.69, 9.17) is 5.73 Å². The van der Waals surface area contributed by atoms with E-state index in [1.54, 1.807) is 6.07 Å². The van der Waals surface area contributed by atoms with E-state index in [2.05, 4.69) is 32.3 Å². The fourth-order valence-electron chi connectivity index (χ4n) is 1.86. The Bertz CT molecular complexity index is 628. The SMILES string of the molecule is Cc1cccc(CCC(=O)Nc2ncc(N)cc2Br)c1. The maximum Gasteiger partial charge on any atom is 0.225 e. The van der Waals surface area contributed by atoms with E-state index < -0.39 is 0 Å². The Morgan fingerprint density at radius 2 is 2.20 bits per heavy atom. The summed E-state index contributed by atoms with van der Waals surface area (Å²) in [7, 11) is 0. The van der Waals surface area contributed by atoms with E-state index in [1.807, 2.05) is 25.1 Å². The first kappa shape index (κ1) is 14.5. The molecule has 4 nitrogen and oxygen atoms in total. The van der Waals surface area contributed by atoms with Gasteiger partial charge in [0.25, 0.3) is 0 Å². The van der Waals surface area contributed by atoms with Crippen LogP contribution < -0.4 is 11.1 Å². The number of carbonyl (C=O) groups excluding carboxylic acids is 1. The molecule has 0 saturated heterocycles. The summed E-state index contributed by atoms with van der Waals surface area (Å²) < 4.78 is 0.682. The number of benzene rings is 1. The van der Waals surface area contributed by atoms with Crippen molar-refractivity contribution in [2.45, 2.75) is 19.8 Å². The van der Waals surface area contributed by atoms with Gasteiger partial charge in [-0.1, -0.05) is 29.8 Å². The molecule has 1 heterocycles. The van der Waals surface area contributed by atoms with E-state index in [0.717, 1.165) is 5.56 Å². The van der Waals surface area contributed by atoms with Crippen LogP contribution in [0.3, 0.4) is 0 Å². The van der Waals surface area contributed by atoms with Gasteiger partial charge < -0.3 is 11.1 Å². The molecular formula is C15H16BrN3O. The Morgan fingerprint density at radius 3 is 2.90 bits per heavy atom. The van der Waals surface area contributed by atoms with Crippen LogP contribution in [0.5, 0.6) is 0 Å². The van der Waals surface area contributed by atoms with E-state index in [9.17, 15) is 4.79 Å².